The molecule has 0 aliphatic carbocycles. The fraction of sp³-hybridized carbons (Fsp3) is 0.458. The summed E-state index contributed by atoms with van der Waals surface area (Å²) >= 11 is 0. The highest BCUT2D eigenvalue weighted by Gasteiger charge is 2.45. The van der Waals surface area contributed by atoms with Crippen molar-refractivity contribution >= 4 is 15.7 Å². The standard InChI is InChI=1S/C24H28F2N2O4S/c1-15-21(33(30,31)22(14-28-15)16-5-3-2-4-6-16)12-17-11-20(26)18(13-19(17)25)24(23(27)29)7-9-32-10-8-24/h2-6,11,13,15,21-22,28H,7-10,12,14H2,1H3,(H2,27,29)/t15-,21?,22-/m0/s1. The van der Waals surface area contributed by atoms with Gasteiger partial charge in [0.2, 0.25) is 5.91 Å². The minimum absolute atomic E-state index is 0.0427. The van der Waals surface area contributed by atoms with E-state index in [1.165, 1.54) is 0 Å². The molecule has 2 aliphatic rings. The van der Waals surface area contributed by atoms with Gasteiger partial charge in [0.1, 0.15) is 11.6 Å². The number of primary amides is 1. The monoisotopic (exact) mass is 478 g/mol. The Morgan fingerprint density at radius 1 is 1.15 bits per heavy atom. The first-order valence-corrected chi connectivity index (χ1v) is 12.6. The molecule has 3 atom stereocenters. The molecule has 1 unspecified atom stereocenters. The second-order valence-corrected chi connectivity index (χ2v) is 11.3. The number of halogens is 2. The summed E-state index contributed by atoms with van der Waals surface area (Å²) in [6.45, 7) is 2.42. The van der Waals surface area contributed by atoms with Gasteiger partial charge in [-0.05, 0) is 49.4 Å². The normalized spacial score (nSPS) is 26.6. The van der Waals surface area contributed by atoms with Crippen molar-refractivity contribution in [1.29, 1.82) is 0 Å². The van der Waals surface area contributed by atoms with E-state index in [9.17, 15) is 13.2 Å². The number of sulfone groups is 1. The van der Waals surface area contributed by atoms with Gasteiger partial charge >= 0.3 is 0 Å². The number of rotatable bonds is 5. The third kappa shape index (κ3) is 4.29. The molecule has 33 heavy (non-hydrogen) atoms. The average molecular weight is 479 g/mol. The molecule has 2 aromatic carbocycles. The van der Waals surface area contributed by atoms with Crippen molar-refractivity contribution in [3.8, 4) is 0 Å². The molecule has 4 rings (SSSR count). The van der Waals surface area contributed by atoms with Gasteiger partial charge in [0.05, 0.1) is 15.9 Å². The van der Waals surface area contributed by atoms with Gasteiger partial charge in [-0.1, -0.05) is 30.3 Å². The van der Waals surface area contributed by atoms with Gasteiger partial charge in [-0.25, -0.2) is 17.2 Å². The van der Waals surface area contributed by atoms with Crippen LogP contribution >= 0.6 is 0 Å². The summed E-state index contributed by atoms with van der Waals surface area (Å²) in [6, 6.07) is 10.4. The van der Waals surface area contributed by atoms with Crippen molar-refractivity contribution in [3.63, 3.8) is 0 Å². The lowest BCUT2D eigenvalue weighted by Crippen LogP contribution is -2.53. The molecule has 0 aromatic heterocycles. The van der Waals surface area contributed by atoms with E-state index in [4.69, 9.17) is 10.5 Å². The van der Waals surface area contributed by atoms with Crippen molar-refractivity contribution in [2.45, 2.75) is 48.1 Å². The Labute approximate surface area is 192 Å². The van der Waals surface area contributed by atoms with Gasteiger partial charge in [0.15, 0.2) is 9.84 Å². The lowest BCUT2D eigenvalue weighted by Gasteiger charge is -2.36. The molecule has 2 saturated heterocycles. The number of ether oxygens (including phenoxy) is 1. The third-order valence-corrected chi connectivity index (χ3v) is 9.71. The summed E-state index contributed by atoms with van der Waals surface area (Å²) in [4.78, 5) is 12.2. The highest BCUT2D eigenvalue weighted by Crippen LogP contribution is 2.38. The average Bonchev–Trinajstić information content (AvgIpc) is 2.79. The van der Waals surface area contributed by atoms with Gasteiger partial charge < -0.3 is 15.8 Å². The second kappa shape index (κ2) is 9.12. The van der Waals surface area contributed by atoms with Gasteiger partial charge in [-0.2, -0.15) is 0 Å². The summed E-state index contributed by atoms with van der Waals surface area (Å²) in [6.07, 6.45) is 0.138. The number of hydrogen-bond acceptors (Lipinski definition) is 5. The third-order valence-electron chi connectivity index (χ3n) is 7.06. The van der Waals surface area contributed by atoms with Crippen molar-refractivity contribution in [3.05, 3.63) is 70.8 Å². The van der Waals surface area contributed by atoms with Crippen LogP contribution in [0, 0.1) is 11.6 Å². The van der Waals surface area contributed by atoms with Crippen LogP contribution in [0.3, 0.4) is 0 Å². The number of carbonyl (C=O) groups is 1. The number of nitrogens with one attached hydrogen (secondary N) is 1. The molecule has 2 fully saturated rings. The molecular weight excluding hydrogens is 450 g/mol. The quantitative estimate of drug-likeness (QED) is 0.688. The zero-order valence-electron chi connectivity index (χ0n) is 18.4. The summed E-state index contributed by atoms with van der Waals surface area (Å²) in [5, 5.41) is 1.49. The smallest absolute Gasteiger partial charge is 0.228 e. The lowest BCUT2D eigenvalue weighted by atomic mass is 9.73. The zero-order valence-corrected chi connectivity index (χ0v) is 19.2. The molecular formula is C24H28F2N2O4S. The molecule has 178 valence electrons. The van der Waals surface area contributed by atoms with E-state index in [-0.39, 0.29) is 50.1 Å². The Morgan fingerprint density at radius 3 is 2.45 bits per heavy atom. The lowest BCUT2D eigenvalue weighted by molar-refractivity contribution is -0.127. The minimum Gasteiger partial charge on any atom is -0.381 e. The maximum atomic E-state index is 15.2. The fourth-order valence-corrected chi connectivity index (χ4v) is 7.36. The topological polar surface area (TPSA) is 98.5 Å². The summed E-state index contributed by atoms with van der Waals surface area (Å²) < 4.78 is 62.6. The summed E-state index contributed by atoms with van der Waals surface area (Å²) in [5.41, 5.74) is 4.77. The first kappa shape index (κ1) is 23.8. The Bertz CT molecular complexity index is 1130. The van der Waals surface area contributed by atoms with E-state index < -0.39 is 49.3 Å². The van der Waals surface area contributed by atoms with E-state index in [1.807, 2.05) is 6.07 Å². The number of hydrogen-bond donors (Lipinski definition) is 2. The molecule has 0 saturated carbocycles. The van der Waals surface area contributed by atoms with Crippen LogP contribution in [0.15, 0.2) is 42.5 Å². The molecule has 1 amide bonds. The van der Waals surface area contributed by atoms with Crippen LogP contribution in [0.5, 0.6) is 0 Å². The largest absolute Gasteiger partial charge is 0.381 e. The number of amides is 1. The molecule has 2 aliphatic heterocycles. The molecule has 6 nitrogen and oxygen atoms in total. The van der Waals surface area contributed by atoms with Gasteiger partial charge in [-0.3, -0.25) is 4.79 Å². The van der Waals surface area contributed by atoms with Gasteiger partial charge in [0, 0.05) is 31.4 Å². The second-order valence-electron chi connectivity index (χ2n) is 8.91. The van der Waals surface area contributed by atoms with Crippen LogP contribution < -0.4 is 11.1 Å². The van der Waals surface area contributed by atoms with Crippen LogP contribution in [0.4, 0.5) is 8.78 Å². The Balaban J connectivity index is 1.67. The van der Waals surface area contributed by atoms with E-state index in [0.29, 0.717) is 5.56 Å². The van der Waals surface area contributed by atoms with Crippen molar-refractivity contribution in [2.75, 3.05) is 19.8 Å². The predicted molar refractivity (Wildman–Crippen MR) is 120 cm³/mol. The van der Waals surface area contributed by atoms with Gasteiger partial charge in [0.25, 0.3) is 0 Å². The maximum absolute atomic E-state index is 15.2. The summed E-state index contributed by atoms with van der Waals surface area (Å²) in [7, 11) is -3.69. The SMILES string of the molecule is C[C@@H]1NC[C@@H](c2ccccc2)S(=O)(=O)C1Cc1cc(F)c(C2(C(N)=O)CCOCC2)cc1F. The summed E-state index contributed by atoms with van der Waals surface area (Å²) in [5.74, 6) is -2.24. The van der Waals surface area contributed by atoms with Crippen LogP contribution in [0.25, 0.3) is 0 Å². The number of carbonyl (C=O) groups excluding carboxylic acids is 1. The van der Waals surface area contributed by atoms with Crippen LogP contribution in [-0.4, -0.2) is 45.4 Å². The van der Waals surface area contributed by atoms with Crippen LogP contribution in [0.1, 0.15) is 41.7 Å². The van der Waals surface area contributed by atoms with Crippen LogP contribution in [-0.2, 0) is 31.2 Å². The molecule has 3 N–H and O–H groups in total. The Hall–Kier alpha value is -2.36. The molecule has 0 spiro atoms. The highest BCUT2D eigenvalue weighted by molar-refractivity contribution is 7.92. The van der Waals surface area contributed by atoms with Crippen molar-refractivity contribution in [2.24, 2.45) is 5.73 Å². The highest BCUT2D eigenvalue weighted by atomic mass is 32.2. The minimum atomic E-state index is -3.69. The van der Waals surface area contributed by atoms with E-state index >= 15 is 8.78 Å². The predicted octanol–water partition coefficient (Wildman–Crippen LogP) is 2.56. The van der Waals surface area contributed by atoms with E-state index in [2.05, 4.69) is 5.32 Å². The Kier molecular flexibility index (Phi) is 6.57. The first-order valence-electron chi connectivity index (χ1n) is 11.0. The zero-order chi connectivity index (χ0) is 23.8. The van der Waals surface area contributed by atoms with Crippen molar-refractivity contribution in [1.82, 2.24) is 5.32 Å². The maximum Gasteiger partial charge on any atom is 0.228 e. The van der Waals surface area contributed by atoms with Crippen LogP contribution in [0.2, 0.25) is 0 Å². The number of nitrogens with two attached hydrogens (primary N) is 1. The number of benzene rings is 2. The van der Waals surface area contributed by atoms with E-state index in [0.717, 1.165) is 12.1 Å². The van der Waals surface area contributed by atoms with Gasteiger partial charge in [-0.15, -0.1) is 0 Å². The molecule has 2 heterocycles. The van der Waals surface area contributed by atoms with Crippen molar-refractivity contribution < 1.29 is 26.7 Å². The molecule has 0 bridgehead atoms. The molecule has 9 heteroatoms. The molecule has 2 aromatic rings. The Morgan fingerprint density at radius 2 is 1.82 bits per heavy atom. The first-order chi connectivity index (χ1) is 15.7. The fourth-order valence-electron chi connectivity index (χ4n) is 5.00. The molecule has 0 radical (unpaired) electrons. The van der Waals surface area contributed by atoms with E-state index in [1.54, 1.807) is 31.2 Å².